The van der Waals surface area contributed by atoms with Crippen LogP contribution in [0.2, 0.25) is 0 Å². The van der Waals surface area contributed by atoms with Gasteiger partial charge >= 0.3 is 0 Å². The van der Waals surface area contributed by atoms with Crippen molar-refractivity contribution in [3.05, 3.63) is 54.1 Å². The molecule has 0 saturated carbocycles. The summed E-state index contributed by atoms with van der Waals surface area (Å²) < 4.78 is 11.3. The number of hydrogen-bond acceptors (Lipinski definition) is 4. The molecule has 28 heavy (non-hydrogen) atoms. The topological polar surface area (TPSA) is 76.7 Å². The first-order valence-corrected chi connectivity index (χ1v) is 9.34. The molecule has 0 spiro atoms. The van der Waals surface area contributed by atoms with Crippen LogP contribution in [0.4, 0.5) is 11.4 Å². The number of benzene rings is 2. The van der Waals surface area contributed by atoms with Gasteiger partial charge in [-0.1, -0.05) is 37.3 Å². The lowest BCUT2D eigenvalue weighted by Crippen LogP contribution is -2.13. The Balaban J connectivity index is 2.27. The second-order valence-electron chi connectivity index (χ2n) is 5.85. The summed E-state index contributed by atoms with van der Waals surface area (Å²) in [5.41, 5.74) is 1.91. The van der Waals surface area contributed by atoms with Crippen LogP contribution >= 0.6 is 0 Å². The van der Waals surface area contributed by atoms with Gasteiger partial charge in [-0.15, -0.1) is 0 Å². The van der Waals surface area contributed by atoms with Crippen molar-refractivity contribution in [1.29, 1.82) is 0 Å². The van der Waals surface area contributed by atoms with Gasteiger partial charge in [-0.3, -0.25) is 9.59 Å². The SMILES string of the molecule is CCOc1cc(NC(=O)CC)c(OCC)cc1NC(=O)/C=C/c1ccccc1. The Morgan fingerprint density at radius 1 is 0.893 bits per heavy atom. The zero-order valence-corrected chi connectivity index (χ0v) is 16.5. The Labute approximate surface area is 165 Å². The van der Waals surface area contributed by atoms with Crippen LogP contribution in [0.25, 0.3) is 6.08 Å². The van der Waals surface area contributed by atoms with Crippen molar-refractivity contribution in [3.8, 4) is 11.5 Å². The van der Waals surface area contributed by atoms with Gasteiger partial charge in [0.15, 0.2) is 0 Å². The maximum atomic E-state index is 12.4. The smallest absolute Gasteiger partial charge is 0.248 e. The number of carbonyl (C=O) groups excluding carboxylic acids is 2. The molecule has 0 aliphatic rings. The normalized spacial score (nSPS) is 10.5. The minimum Gasteiger partial charge on any atom is -0.492 e. The maximum Gasteiger partial charge on any atom is 0.248 e. The van der Waals surface area contributed by atoms with Crippen LogP contribution in [0.5, 0.6) is 11.5 Å². The van der Waals surface area contributed by atoms with E-state index in [1.807, 2.05) is 44.2 Å². The van der Waals surface area contributed by atoms with Crippen LogP contribution in [-0.4, -0.2) is 25.0 Å². The van der Waals surface area contributed by atoms with Gasteiger partial charge in [0.1, 0.15) is 11.5 Å². The summed E-state index contributed by atoms with van der Waals surface area (Å²) in [5.74, 6) is 0.498. The molecule has 0 aliphatic carbocycles. The Kier molecular flexibility index (Phi) is 8.09. The summed E-state index contributed by atoms with van der Waals surface area (Å²) in [5, 5.41) is 5.62. The summed E-state index contributed by atoms with van der Waals surface area (Å²) in [4.78, 5) is 24.2. The van der Waals surface area contributed by atoms with E-state index in [-0.39, 0.29) is 11.8 Å². The van der Waals surface area contributed by atoms with Gasteiger partial charge in [-0.25, -0.2) is 0 Å². The number of ether oxygens (including phenoxy) is 2. The van der Waals surface area contributed by atoms with E-state index >= 15 is 0 Å². The van der Waals surface area contributed by atoms with Crippen LogP contribution < -0.4 is 20.1 Å². The number of hydrogen-bond donors (Lipinski definition) is 2. The Morgan fingerprint density at radius 2 is 1.46 bits per heavy atom. The number of anilines is 2. The van der Waals surface area contributed by atoms with Crippen molar-refractivity contribution < 1.29 is 19.1 Å². The second-order valence-corrected chi connectivity index (χ2v) is 5.85. The molecule has 0 aliphatic heterocycles. The molecule has 2 rings (SSSR count). The largest absolute Gasteiger partial charge is 0.492 e. The van der Waals surface area contributed by atoms with Crippen molar-refractivity contribution in [2.75, 3.05) is 23.8 Å². The molecule has 0 saturated heterocycles. The van der Waals surface area contributed by atoms with Crippen molar-refractivity contribution in [3.63, 3.8) is 0 Å². The third-order valence-corrected chi connectivity index (χ3v) is 3.76. The summed E-state index contributed by atoms with van der Waals surface area (Å²) in [6.45, 7) is 6.30. The van der Waals surface area contributed by atoms with Crippen molar-refractivity contribution >= 4 is 29.3 Å². The third-order valence-electron chi connectivity index (χ3n) is 3.76. The lowest BCUT2D eigenvalue weighted by Gasteiger charge is -2.17. The molecule has 6 nitrogen and oxygen atoms in total. The highest BCUT2D eigenvalue weighted by molar-refractivity contribution is 6.03. The van der Waals surface area contributed by atoms with Gasteiger partial charge in [0.25, 0.3) is 0 Å². The average molecular weight is 382 g/mol. The van der Waals surface area contributed by atoms with Gasteiger partial charge < -0.3 is 20.1 Å². The monoisotopic (exact) mass is 382 g/mol. The molecule has 0 aromatic heterocycles. The Hall–Kier alpha value is -3.28. The zero-order chi connectivity index (χ0) is 20.4. The molecule has 0 atom stereocenters. The van der Waals surface area contributed by atoms with Crippen molar-refractivity contribution in [1.82, 2.24) is 0 Å². The van der Waals surface area contributed by atoms with Gasteiger partial charge in [0.2, 0.25) is 11.8 Å². The predicted molar refractivity (Wildman–Crippen MR) is 112 cm³/mol. The first-order valence-electron chi connectivity index (χ1n) is 9.34. The molecule has 0 heterocycles. The lowest BCUT2D eigenvalue weighted by atomic mass is 10.2. The minimum atomic E-state index is -0.294. The van der Waals surface area contributed by atoms with E-state index in [1.54, 1.807) is 25.1 Å². The first-order chi connectivity index (χ1) is 13.6. The molecular formula is C22H26N2O4. The maximum absolute atomic E-state index is 12.4. The van der Waals surface area contributed by atoms with Crippen LogP contribution in [0.3, 0.4) is 0 Å². The van der Waals surface area contributed by atoms with Gasteiger partial charge in [-0.2, -0.15) is 0 Å². The molecule has 148 valence electrons. The molecule has 2 aromatic rings. The van der Waals surface area contributed by atoms with E-state index in [0.29, 0.717) is 42.5 Å². The van der Waals surface area contributed by atoms with E-state index < -0.39 is 0 Å². The van der Waals surface area contributed by atoms with Crippen molar-refractivity contribution in [2.24, 2.45) is 0 Å². The van der Waals surface area contributed by atoms with E-state index in [2.05, 4.69) is 10.6 Å². The van der Waals surface area contributed by atoms with Crippen LogP contribution in [0.15, 0.2) is 48.5 Å². The highest BCUT2D eigenvalue weighted by Gasteiger charge is 2.15. The fourth-order valence-corrected chi connectivity index (χ4v) is 2.45. The van der Waals surface area contributed by atoms with E-state index in [1.165, 1.54) is 6.08 Å². The summed E-state index contributed by atoms with van der Waals surface area (Å²) in [6.07, 6.45) is 3.53. The number of carbonyl (C=O) groups is 2. The van der Waals surface area contributed by atoms with Gasteiger partial charge in [-0.05, 0) is 25.5 Å². The number of amides is 2. The molecule has 2 amide bonds. The second kappa shape index (κ2) is 10.8. The fourth-order valence-electron chi connectivity index (χ4n) is 2.45. The molecule has 2 N–H and O–H groups in total. The molecule has 2 aromatic carbocycles. The summed E-state index contributed by atoms with van der Waals surface area (Å²) >= 11 is 0. The van der Waals surface area contributed by atoms with Crippen LogP contribution in [0.1, 0.15) is 32.8 Å². The van der Waals surface area contributed by atoms with Crippen LogP contribution in [-0.2, 0) is 9.59 Å². The number of nitrogens with one attached hydrogen (secondary N) is 2. The first kappa shape index (κ1) is 21.0. The third kappa shape index (κ3) is 6.16. The Morgan fingerprint density at radius 3 is 2.00 bits per heavy atom. The zero-order valence-electron chi connectivity index (χ0n) is 16.5. The highest BCUT2D eigenvalue weighted by Crippen LogP contribution is 2.37. The van der Waals surface area contributed by atoms with E-state index in [0.717, 1.165) is 5.56 Å². The predicted octanol–water partition coefficient (Wildman–Crippen LogP) is 4.48. The van der Waals surface area contributed by atoms with Crippen molar-refractivity contribution in [2.45, 2.75) is 27.2 Å². The summed E-state index contributed by atoms with van der Waals surface area (Å²) in [6, 6.07) is 12.9. The molecule has 0 radical (unpaired) electrons. The van der Waals surface area contributed by atoms with E-state index in [4.69, 9.17) is 9.47 Å². The minimum absolute atomic E-state index is 0.133. The standard InChI is InChI=1S/C22H26N2O4/c1-4-21(25)23-17-14-20(28-6-3)18(15-19(17)27-5-2)24-22(26)13-12-16-10-8-7-9-11-16/h7-15H,4-6H2,1-3H3,(H,23,25)(H,24,26)/b13-12+. The fraction of sp³-hybridized carbons (Fsp3) is 0.273. The highest BCUT2D eigenvalue weighted by atomic mass is 16.5. The molecule has 0 bridgehead atoms. The molecule has 0 unspecified atom stereocenters. The van der Waals surface area contributed by atoms with Gasteiger partial charge in [0.05, 0.1) is 24.6 Å². The van der Waals surface area contributed by atoms with E-state index in [9.17, 15) is 9.59 Å². The van der Waals surface area contributed by atoms with Gasteiger partial charge in [0, 0.05) is 24.6 Å². The van der Waals surface area contributed by atoms with Crippen LogP contribution in [0, 0.1) is 0 Å². The molecule has 0 fully saturated rings. The number of rotatable bonds is 9. The molecular weight excluding hydrogens is 356 g/mol. The lowest BCUT2D eigenvalue weighted by molar-refractivity contribution is -0.116. The summed E-state index contributed by atoms with van der Waals surface area (Å²) in [7, 11) is 0. The quantitative estimate of drug-likeness (QED) is 0.627. The molecule has 6 heteroatoms. The average Bonchev–Trinajstić information content (AvgIpc) is 2.70. The Bertz CT molecular complexity index is 832.